The van der Waals surface area contributed by atoms with Gasteiger partial charge in [-0.05, 0) is 110 Å². The maximum absolute atomic E-state index is 6.19. The molecule has 2 nitrogen and oxygen atoms in total. The monoisotopic (exact) mass is 679 g/mol. The molecule has 0 aliphatic heterocycles. The molecular weight excluding hydrogens is 643 g/mol. The molecule has 2 aliphatic carbocycles. The zero-order chi connectivity index (χ0) is 35.3. The molecule has 8 aromatic carbocycles. The van der Waals surface area contributed by atoms with Crippen LogP contribution in [0.2, 0.25) is 0 Å². The molecular formula is C51H37NO. The molecule has 0 N–H and O–H groups in total. The number of fused-ring (bicyclic) bond motifs is 12. The number of benzene rings is 8. The normalized spacial score (nSPS) is 16.2. The van der Waals surface area contributed by atoms with Crippen molar-refractivity contribution in [3.63, 3.8) is 0 Å². The first-order chi connectivity index (χ1) is 26.0. The molecule has 2 aliphatic rings. The molecule has 252 valence electrons. The van der Waals surface area contributed by atoms with Crippen LogP contribution in [0.1, 0.15) is 37.3 Å². The van der Waals surface area contributed by atoms with Crippen molar-refractivity contribution in [2.45, 2.75) is 31.6 Å². The van der Waals surface area contributed by atoms with E-state index in [1.54, 1.807) is 0 Å². The van der Waals surface area contributed by atoms with E-state index in [9.17, 15) is 0 Å². The van der Waals surface area contributed by atoms with Gasteiger partial charge in [0.2, 0.25) is 0 Å². The number of allylic oxidation sites excluding steroid dienone is 3. The predicted octanol–water partition coefficient (Wildman–Crippen LogP) is 14.1. The highest BCUT2D eigenvalue weighted by Crippen LogP contribution is 2.54. The second-order valence-corrected chi connectivity index (χ2v) is 15.2. The smallest absolute Gasteiger partial charge is 0.135 e. The fraction of sp³-hybridized carbons (Fsp3) is 0.0980. The number of anilines is 2. The maximum Gasteiger partial charge on any atom is 0.135 e. The second kappa shape index (κ2) is 11.3. The molecule has 0 radical (unpaired) electrons. The van der Waals surface area contributed by atoms with Gasteiger partial charge in [-0.25, -0.2) is 0 Å². The number of furan rings is 1. The summed E-state index contributed by atoms with van der Waals surface area (Å²) in [5.41, 5.74) is 12.1. The van der Waals surface area contributed by atoms with Crippen LogP contribution in [0, 0.1) is 0 Å². The van der Waals surface area contributed by atoms with Crippen LogP contribution < -0.4 is 4.90 Å². The summed E-state index contributed by atoms with van der Waals surface area (Å²) in [5, 5.41) is 9.98. The minimum Gasteiger partial charge on any atom is -0.456 e. The molecule has 53 heavy (non-hydrogen) atoms. The van der Waals surface area contributed by atoms with Crippen molar-refractivity contribution in [3.05, 3.63) is 192 Å². The first kappa shape index (κ1) is 30.3. The fourth-order valence-electron chi connectivity index (χ4n) is 9.49. The van der Waals surface area contributed by atoms with Gasteiger partial charge in [0, 0.05) is 39.2 Å². The van der Waals surface area contributed by atoms with E-state index in [1.807, 2.05) is 12.1 Å². The van der Waals surface area contributed by atoms with Gasteiger partial charge in [0.25, 0.3) is 0 Å². The third kappa shape index (κ3) is 4.52. The van der Waals surface area contributed by atoms with E-state index in [2.05, 4.69) is 176 Å². The molecule has 0 saturated carbocycles. The van der Waals surface area contributed by atoms with Gasteiger partial charge >= 0.3 is 0 Å². The molecule has 0 spiro atoms. The molecule has 0 bridgehead atoms. The van der Waals surface area contributed by atoms with E-state index in [-0.39, 0.29) is 5.41 Å². The van der Waals surface area contributed by atoms with E-state index in [0.717, 1.165) is 39.7 Å². The van der Waals surface area contributed by atoms with Gasteiger partial charge in [-0.1, -0.05) is 141 Å². The quantitative estimate of drug-likeness (QED) is 0.172. The van der Waals surface area contributed by atoms with Gasteiger partial charge in [0.05, 0.1) is 0 Å². The van der Waals surface area contributed by atoms with E-state index in [0.29, 0.717) is 5.92 Å². The Hall–Kier alpha value is -6.38. The lowest BCUT2D eigenvalue weighted by atomic mass is 9.78. The van der Waals surface area contributed by atoms with Gasteiger partial charge in [-0.15, -0.1) is 0 Å². The number of hydrogen-bond acceptors (Lipinski definition) is 2. The molecule has 1 atom stereocenters. The molecule has 2 heteroatoms. The van der Waals surface area contributed by atoms with Crippen molar-refractivity contribution in [2.24, 2.45) is 0 Å². The lowest BCUT2D eigenvalue weighted by Gasteiger charge is -2.33. The Morgan fingerprint density at radius 1 is 0.509 bits per heavy atom. The van der Waals surface area contributed by atoms with Crippen LogP contribution in [-0.2, 0) is 5.41 Å². The Morgan fingerprint density at radius 2 is 1.13 bits per heavy atom. The lowest BCUT2D eigenvalue weighted by Crippen LogP contribution is -2.22. The standard InChI is InChI=1S/C51H37NO/c1-51(2)47-20-9-7-18-42(47)43-26-24-36(31-48(43)51)52(35-23-25-41-39-16-4-3-14-37(39)38-15-5-6-17-40(38)45(41)30-35)34-13-11-12-32(28-34)33-22-27-50-46(29-33)44-19-8-10-21-49(44)53-50/h3-25,27-31,43H,26H2,1-2H3. The predicted molar refractivity (Wildman–Crippen MR) is 223 cm³/mol. The van der Waals surface area contributed by atoms with Crippen molar-refractivity contribution in [1.29, 1.82) is 0 Å². The zero-order valence-electron chi connectivity index (χ0n) is 29.8. The summed E-state index contributed by atoms with van der Waals surface area (Å²) in [6.07, 6.45) is 5.93. The molecule has 1 unspecified atom stereocenters. The summed E-state index contributed by atoms with van der Waals surface area (Å²) < 4.78 is 6.19. The largest absolute Gasteiger partial charge is 0.456 e. The Bertz CT molecular complexity index is 2990. The summed E-state index contributed by atoms with van der Waals surface area (Å²) in [6.45, 7) is 4.79. The number of hydrogen-bond donors (Lipinski definition) is 0. The number of nitrogens with zero attached hydrogens (tertiary/aromatic N) is 1. The SMILES string of the molecule is CC1(C)C2=CC(N(c3cccc(-c4ccc5oc6ccccc6c5c4)c3)c3ccc4c5ccccc5c5ccccc5c4c3)=CCC2c2ccccc21. The average Bonchev–Trinajstić information content (AvgIpc) is 3.69. The highest BCUT2D eigenvalue weighted by Gasteiger charge is 2.42. The minimum absolute atomic E-state index is 0.0461. The van der Waals surface area contributed by atoms with Crippen molar-refractivity contribution >= 4 is 65.6 Å². The van der Waals surface area contributed by atoms with Crippen molar-refractivity contribution < 1.29 is 4.42 Å². The van der Waals surface area contributed by atoms with Gasteiger partial charge in [-0.3, -0.25) is 0 Å². The van der Waals surface area contributed by atoms with Crippen molar-refractivity contribution in [2.75, 3.05) is 4.90 Å². The highest BCUT2D eigenvalue weighted by atomic mass is 16.3. The average molecular weight is 680 g/mol. The van der Waals surface area contributed by atoms with E-state index in [4.69, 9.17) is 4.42 Å². The van der Waals surface area contributed by atoms with Gasteiger partial charge in [0.15, 0.2) is 0 Å². The van der Waals surface area contributed by atoms with Crippen LogP contribution in [0.3, 0.4) is 0 Å². The van der Waals surface area contributed by atoms with Gasteiger partial charge < -0.3 is 9.32 Å². The molecule has 0 amide bonds. The van der Waals surface area contributed by atoms with Crippen LogP contribution in [-0.4, -0.2) is 0 Å². The van der Waals surface area contributed by atoms with Crippen LogP contribution in [0.25, 0.3) is 65.4 Å². The third-order valence-electron chi connectivity index (χ3n) is 12.0. The van der Waals surface area contributed by atoms with Gasteiger partial charge in [-0.2, -0.15) is 0 Å². The summed E-state index contributed by atoms with van der Waals surface area (Å²) in [4.78, 5) is 2.49. The highest BCUT2D eigenvalue weighted by molar-refractivity contribution is 6.25. The summed E-state index contributed by atoms with van der Waals surface area (Å²) in [7, 11) is 0. The topological polar surface area (TPSA) is 16.4 Å². The van der Waals surface area contributed by atoms with Crippen LogP contribution in [0.4, 0.5) is 11.4 Å². The molecule has 1 aromatic heterocycles. The summed E-state index contributed by atoms with van der Waals surface area (Å²) >= 11 is 0. The number of rotatable bonds is 4. The Kier molecular flexibility index (Phi) is 6.46. The Morgan fingerprint density at radius 3 is 1.92 bits per heavy atom. The van der Waals surface area contributed by atoms with E-state index >= 15 is 0 Å². The Labute approximate surface area is 308 Å². The Balaban J connectivity index is 1.12. The van der Waals surface area contributed by atoms with Crippen molar-refractivity contribution in [1.82, 2.24) is 0 Å². The van der Waals surface area contributed by atoms with Crippen LogP contribution in [0.15, 0.2) is 186 Å². The van der Waals surface area contributed by atoms with Crippen LogP contribution >= 0.6 is 0 Å². The van der Waals surface area contributed by atoms with E-state index < -0.39 is 0 Å². The zero-order valence-corrected chi connectivity index (χ0v) is 29.8. The molecule has 9 aromatic rings. The van der Waals surface area contributed by atoms with E-state index in [1.165, 1.54) is 65.8 Å². The molecule has 11 rings (SSSR count). The minimum atomic E-state index is -0.0461. The van der Waals surface area contributed by atoms with Crippen molar-refractivity contribution in [3.8, 4) is 11.1 Å². The lowest BCUT2D eigenvalue weighted by molar-refractivity contribution is 0.609. The molecule has 0 saturated heterocycles. The second-order valence-electron chi connectivity index (χ2n) is 15.2. The van der Waals surface area contributed by atoms with Gasteiger partial charge in [0.1, 0.15) is 11.2 Å². The fourth-order valence-corrected chi connectivity index (χ4v) is 9.49. The maximum atomic E-state index is 6.19. The molecule has 1 heterocycles. The third-order valence-corrected chi connectivity index (χ3v) is 12.0. The van der Waals surface area contributed by atoms with Crippen LogP contribution in [0.5, 0.6) is 0 Å². The number of para-hydroxylation sites is 1. The first-order valence-corrected chi connectivity index (χ1v) is 18.7. The summed E-state index contributed by atoms with van der Waals surface area (Å²) in [6, 6.07) is 57.7. The summed E-state index contributed by atoms with van der Waals surface area (Å²) in [5.74, 6) is 0.404. The first-order valence-electron chi connectivity index (χ1n) is 18.7. The molecule has 0 fully saturated rings.